The van der Waals surface area contributed by atoms with E-state index in [0.29, 0.717) is 51.4 Å². The van der Waals surface area contributed by atoms with Crippen molar-refractivity contribution in [1.82, 2.24) is 14.1 Å². The van der Waals surface area contributed by atoms with Crippen molar-refractivity contribution < 1.29 is 31.5 Å². The number of halogens is 3. The molecule has 1 unspecified atom stereocenters. The summed E-state index contributed by atoms with van der Waals surface area (Å²) in [6, 6.07) is 11.4. The second kappa shape index (κ2) is 9.85. The predicted molar refractivity (Wildman–Crippen MR) is 129 cm³/mol. The first-order chi connectivity index (χ1) is 17.6. The average molecular weight is 536 g/mol. The molecule has 3 heterocycles. The minimum absolute atomic E-state index is 0.0226. The van der Waals surface area contributed by atoms with Crippen LogP contribution in [-0.2, 0) is 32.1 Å². The average Bonchev–Trinajstić information content (AvgIpc) is 3.24. The molecule has 5 rings (SSSR count). The molecule has 1 atom stereocenters. The van der Waals surface area contributed by atoms with Crippen LogP contribution in [0.3, 0.4) is 0 Å². The third kappa shape index (κ3) is 5.04. The maximum atomic E-state index is 13.2. The molecule has 0 spiro atoms. The standard InChI is InChI=1S/C26H28F3N3O4S/c27-26(28,29)20-5-3-6-22(16-20)37(35,36)31-14-8-18(9-15-31)24(33)30-12-10-21(11-13-30)32-17-19-4-1-2-7-23(19)25(32)34/h1-7,16,18,21H,8-15,17H2. The Hall–Kier alpha value is -2.76. The van der Waals surface area contributed by atoms with Gasteiger partial charge in [-0.3, -0.25) is 9.59 Å². The number of piperidine rings is 2. The Bertz CT molecular complexity index is 1240. The van der Waals surface area contributed by atoms with Gasteiger partial charge in [0.15, 0.2) is 15.3 Å². The fraction of sp³-hybridized carbons (Fsp3) is 0.462. The predicted octanol–water partition coefficient (Wildman–Crippen LogP) is 3.97. The molecule has 0 bridgehead atoms. The molecule has 2 aromatic carbocycles. The van der Waals surface area contributed by atoms with Gasteiger partial charge in [0, 0.05) is 56.3 Å². The van der Waals surface area contributed by atoms with Crippen LogP contribution in [0.1, 0.15) is 47.2 Å². The highest BCUT2D eigenvalue weighted by Gasteiger charge is 2.40. The van der Waals surface area contributed by atoms with Gasteiger partial charge < -0.3 is 14.4 Å². The molecule has 7 nitrogen and oxygen atoms in total. The molecule has 37 heavy (non-hydrogen) atoms. The monoisotopic (exact) mass is 535 g/mol. The van der Waals surface area contributed by atoms with Crippen molar-refractivity contribution >= 4 is 22.2 Å². The number of nitrogens with zero attached hydrogens (tertiary/aromatic N) is 3. The van der Waals surface area contributed by atoms with Crippen LogP contribution in [0.15, 0.2) is 53.4 Å². The number of alkyl halides is 3. The molecule has 11 heteroatoms. The molecule has 0 aromatic heterocycles. The maximum Gasteiger partial charge on any atom is 0.416 e. The van der Waals surface area contributed by atoms with Crippen molar-refractivity contribution in [1.29, 1.82) is 0 Å². The van der Waals surface area contributed by atoms with E-state index in [4.69, 9.17) is 0 Å². The van der Waals surface area contributed by atoms with E-state index in [1.54, 1.807) is 4.90 Å². The highest BCUT2D eigenvalue weighted by Crippen LogP contribution is 2.34. The van der Waals surface area contributed by atoms with Crippen LogP contribution in [-0.4, -0.2) is 62.7 Å². The first-order valence-corrected chi connectivity index (χ1v) is 13.8. The summed E-state index contributed by atoms with van der Waals surface area (Å²) < 4.78 is 66.2. The molecule has 0 saturated carbocycles. The highest BCUT2D eigenvalue weighted by molar-refractivity contribution is 7.95. The zero-order chi connectivity index (χ0) is 26.4. The fourth-order valence-corrected chi connectivity index (χ4v) is 7.07. The molecule has 3 aliphatic heterocycles. The maximum absolute atomic E-state index is 13.2. The Balaban J connectivity index is 1.15. The molecule has 198 valence electrons. The number of sulfonamides is 1. The number of carbonyl (C=O) groups excluding carboxylic acids is 2. The second-order valence-electron chi connectivity index (χ2n) is 9.85. The molecule has 2 saturated heterocycles. The first-order valence-electron chi connectivity index (χ1n) is 12.4. The van der Waals surface area contributed by atoms with Crippen molar-refractivity contribution in [3.05, 3.63) is 65.2 Å². The summed E-state index contributed by atoms with van der Waals surface area (Å²) in [4.78, 5) is 29.2. The summed E-state index contributed by atoms with van der Waals surface area (Å²) in [5.74, 6) is -0.317. The summed E-state index contributed by atoms with van der Waals surface area (Å²) in [6.45, 7) is 1.81. The number of hydrogen-bond donors (Lipinski definition) is 0. The fourth-order valence-electron chi connectivity index (χ4n) is 5.55. The van der Waals surface area contributed by atoms with Crippen molar-refractivity contribution in [2.75, 3.05) is 26.2 Å². The van der Waals surface area contributed by atoms with E-state index < -0.39 is 27.0 Å². The molecule has 2 fully saturated rings. The van der Waals surface area contributed by atoms with E-state index in [1.165, 1.54) is 0 Å². The van der Waals surface area contributed by atoms with Gasteiger partial charge in [-0.15, -0.1) is 4.31 Å². The summed E-state index contributed by atoms with van der Waals surface area (Å²) >= 11 is 0. The van der Waals surface area contributed by atoms with E-state index in [9.17, 15) is 31.5 Å². The number of amides is 2. The van der Waals surface area contributed by atoms with E-state index in [-0.39, 0.29) is 36.9 Å². The molecule has 2 amide bonds. The minimum atomic E-state index is -4.63. The van der Waals surface area contributed by atoms with Gasteiger partial charge in [-0.05, 0) is 49.4 Å². The Kier molecular flexibility index (Phi) is 6.88. The van der Waals surface area contributed by atoms with Gasteiger partial charge in [0.2, 0.25) is 5.91 Å². The van der Waals surface area contributed by atoms with E-state index >= 15 is 0 Å². The van der Waals surface area contributed by atoms with Gasteiger partial charge in [0.05, 0.1) is 5.56 Å². The van der Waals surface area contributed by atoms with E-state index in [2.05, 4.69) is 0 Å². The van der Waals surface area contributed by atoms with Crippen LogP contribution in [0.5, 0.6) is 0 Å². The van der Waals surface area contributed by atoms with Gasteiger partial charge in [-0.25, -0.2) is 0 Å². The summed E-state index contributed by atoms with van der Waals surface area (Å²) in [6.07, 6.45) is -2.62. The van der Waals surface area contributed by atoms with Crippen molar-refractivity contribution in [2.24, 2.45) is 5.92 Å². The lowest BCUT2D eigenvalue weighted by Gasteiger charge is -2.39. The molecule has 0 radical (unpaired) electrons. The van der Waals surface area contributed by atoms with Crippen LogP contribution in [0.2, 0.25) is 0 Å². The van der Waals surface area contributed by atoms with Crippen LogP contribution in [0, 0.1) is 5.92 Å². The molecular weight excluding hydrogens is 507 g/mol. The summed E-state index contributed by atoms with van der Waals surface area (Å²) in [7, 11) is -4.09. The smallest absolute Gasteiger partial charge is 0.416 e. The number of likely N-dealkylation sites (tertiary alicyclic amines) is 1. The van der Waals surface area contributed by atoms with Crippen LogP contribution < -0.4 is 0 Å². The van der Waals surface area contributed by atoms with Crippen LogP contribution in [0.4, 0.5) is 13.2 Å². The second-order valence-corrected chi connectivity index (χ2v) is 11.8. The van der Waals surface area contributed by atoms with Crippen molar-refractivity contribution in [3.63, 3.8) is 0 Å². The van der Waals surface area contributed by atoms with Crippen LogP contribution >= 0.6 is 0 Å². The lowest BCUT2D eigenvalue weighted by Crippen LogP contribution is -2.50. The Morgan fingerprint density at radius 1 is 0.946 bits per heavy atom. The quantitative estimate of drug-likeness (QED) is 0.555. The van der Waals surface area contributed by atoms with Crippen molar-refractivity contribution in [2.45, 2.75) is 49.3 Å². The zero-order valence-electron chi connectivity index (χ0n) is 20.2. The third-order valence-electron chi connectivity index (χ3n) is 7.67. The summed E-state index contributed by atoms with van der Waals surface area (Å²) in [5, 5.41) is 0. The molecule has 0 N–H and O–H groups in total. The number of hydrogen-bond acceptors (Lipinski definition) is 4. The van der Waals surface area contributed by atoms with Gasteiger partial charge in [0.25, 0.3) is 5.91 Å². The Morgan fingerprint density at radius 3 is 2.27 bits per heavy atom. The summed E-state index contributed by atoms with van der Waals surface area (Å²) in [5.41, 5.74) is 0.757. The number of fused-ring (bicyclic) bond motifs is 1. The highest BCUT2D eigenvalue weighted by atomic mass is 32.3. The lowest BCUT2D eigenvalue weighted by molar-refractivity contribution is -0.138. The lowest BCUT2D eigenvalue weighted by atomic mass is 9.94. The molecule has 3 aliphatic rings. The zero-order valence-corrected chi connectivity index (χ0v) is 21.0. The topological polar surface area (TPSA) is 84.0 Å². The third-order valence-corrected chi connectivity index (χ3v) is 9.56. The van der Waals surface area contributed by atoms with Gasteiger partial charge in [-0.2, -0.15) is 13.2 Å². The normalized spacial score (nSPS) is 21.7. The largest absolute Gasteiger partial charge is 0.593 e. The molecular formula is C26H28F3N3O4S. The SMILES string of the molecule is O=C(C1CCN([S+](=O)([O-])c2cccc(C(F)(F)F)c2)CC1)N1CCC(N2Cc3ccccc3C2=O)CC1. The van der Waals surface area contributed by atoms with Crippen LogP contribution in [0.25, 0.3) is 0 Å². The van der Waals surface area contributed by atoms with E-state index in [1.807, 2.05) is 29.2 Å². The first kappa shape index (κ1) is 25.9. The van der Waals surface area contributed by atoms with E-state index in [0.717, 1.165) is 33.6 Å². The van der Waals surface area contributed by atoms with Gasteiger partial charge in [-0.1, -0.05) is 28.5 Å². The Labute approximate surface area is 214 Å². The molecule has 2 aromatic rings. The van der Waals surface area contributed by atoms with Gasteiger partial charge >= 0.3 is 6.18 Å². The molecule has 0 aliphatic carbocycles. The van der Waals surface area contributed by atoms with Gasteiger partial charge in [0.1, 0.15) is 0 Å². The minimum Gasteiger partial charge on any atom is -0.593 e. The number of rotatable bonds is 4. The Morgan fingerprint density at radius 2 is 1.62 bits per heavy atom. The number of carbonyl (C=O) groups is 2. The van der Waals surface area contributed by atoms with Crippen molar-refractivity contribution in [3.8, 4) is 0 Å². The number of benzene rings is 2.